The van der Waals surface area contributed by atoms with Gasteiger partial charge in [-0.1, -0.05) is 11.6 Å². The highest BCUT2D eigenvalue weighted by Crippen LogP contribution is 2.17. The summed E-state index contributed by atoms with van der Waals surface area (Å²) in [5.41, 5.74) is 1.93. The lowest BCUT2D eigenvalue weighted by Crippen LogP contribution is -2.23. The number of hydrogen-bond acceptors (Lipinski definition) is 2. The number of fused-ring (bicyclic) bond motifs is 1. The van der Waals surface area contributed by atoms with Gasteiger partial charge in [0.2, 0.25) is 5.56 Å². The van der Waals surface area contributed by atoms with Crippen molar-refractivity contribution in [2.75, 3.05) is 14.1 Å². The van der Waals surface area contributed by atoms with Gasteiger partial charge in [-0.25, -0.2) is 0 Å². The van der Waals surface area contributed by atoms with E-state index in [1.165, 1.54) is 11.0 Å². The zero-order valence-electron chi connectivity index (χ0n) is 10.1. The molecule has 1 N–H and O–H groups in total. The highest BCUT2D eigenvalue weighted by molar-refractivity contribution is 6.05. The number of hydrogen-bond donors (Lipinski definition) is 1. The minimum Gasteiger partial charge on any atom is -0.345 e. The summed E-state index contributed by atoms with van der Waals surface area (Å²) in [7, 11) is 3.34. The maximum absolute atomic E-state index is 12.0. The van der Waals surface area contributed by atoms with Crippen LogP contribution in [0, 0.1) is 6.92 Å². The summed E-state index contributed by atoms with van der Waals surface area (Å²) in [4.78, 5) is 27.7. The Balaban J connectivity index is 2.81. The molecule has 0 saturated heterocycles. The van der Waals surface area contributed by atoms with Gasteiger partial charge in [0, 0.05) is 31.1 Å². The Morgan fingerprint density at radius 1 is 1.24 bits per heavy atom. The zero-order chi connectivity index (χ0) is 12.6. The van der Waals surface area contributed by atoms with Crippen molar-refractivity contribution in [1.29, 1.82) is 0 Å². The molecule has 0 spiro atoms. The third-order valence-corrected chi connectivity index (χ3v) is 2.64. The number of aryl methyl sites for hydroxylation is 1. The van der Waals surface area contributed by atoms with E-state index >= 15 is 0 Å². The number of carbonyl (C=O) groups excluding carboxylic acids is 1. The Morgan fingerprint density at radius 2 is 1.94 bits per heavy atom. The number of rotatable bonds is 1. The molecule has 0 saturated carbocycles. The van der Waals surface area contributed by atoms with E-state index in [1.807, 2.05) is 25.1 Å². The Labute approximate surface area is 98.9 Å². The van der Waals surface area contributed by atoms with Gasteiger partial charge >= 0.3 is 0 Å². The van der Waals surface area contributed by atoms with Crippen LogP contribution in [0.3, 0.4) is 0 Å². The van der Waals surface area contributed by atoms with Crippen LogP contribution in [0.5, 0.6) is 0 Å². The lowest BCUT2D eigenvalue weighted by atomic mass is 10.1. The van der Waals surface area contributed by atoms with Crippen LogP contribution in [0.25, 0.3) is 10.9 Å². The van der Waals surface area contributed by atoms with Crippen molar-refractivity contribution in [2.45, 2.75) is 6.92 Å². The first kappa shape index (κ1) is 11.4. The van der Waals surface area contributed by atoms with Crippen LogP contribution in [0.2, 0.25) is 0 Å². The quantitative estimate of drug-likeness (QED) is 0.807. The van der Waals surface area contributed by atoms with E-state index in [1.54, 1.807) is 14.1 Å². The molecule has 0 aliphatic rings. The van der Waals surface area contributed by atoms with Crippen molar-refractivity contribution < 1.29 is 4.79 Å². The topological polar surface area (TPSA) is 53.2 Å². The Hall–Kier alpha value is -2.10. The van der Waals surface area contributed by atoms with Gasteiger partial charge in [-0.05, 0) is 19.1 Å². The van der Waals surface area contributed by atoms with Crippen molar-refractivity contribution in [1.82, 2.24) is 9.88 Å². The molecule has 4 nitrogen and oxygen atoms in total. The van der Waals surface area contributed by atoms with Crippen molar-refractivity contribution in [3.63, 3.8) is 0 Å². The molecule has 0 fully saturated rings. The Bertz CT molecular complexity index is 641. The van der Waals surface area contributed by atoms with Gasteiger partial charge in [-0.15, -0.1) is 0 Å². The number of pyridine rings is 1. The van der Waals surface area contributed by atoms with Crippen LogP contribution in [0.15, 0.2) is 29.1 Å². The molecule has 88 valence electrons. The van der Waals surface area contributed by atoms with E-state index in [9.17, 15) is 9.59 Å². The molecule has 1 aromatic carbocycles. The minimum atomic E-state index is -0.258. The van der Waals surface area contributed by atoms with Gasteiger partial charge in [-0.3, -0.25) is 9.59 Å². The molecule has 4 heteroatoms. The number of amides is 1. The number of H-pyrrole nitrogens is 1. The molecule has 0 radical (unpaired) electrons. The molecule has 0 bridgehead atoms. The van der Waals surface area contributed by atoms with E-state index < -0.39 is 0 Å². The SMILES string of the molecule is Cc1ccc2[nH]c(=O)cc(C(=O)N(C)C)c2c1. The van der Waals surface area contributed by atoms with E-state index in [0.717, 1.165) is 10.9 Å². The second-order valence-electron chi connectivity index (χ2n) is 4.30. The number of aromatic amines is 1. The number of nitrogens with one attached hydrogen (secondary N) is 1. The Kier molecular flexibility index (Phi) is 2.71. The van der Waals surface area contributed by atoms with Crippen LogP contribution in [0.4, 0.5) is 0 Å². The number of benzene rings is 1. The fraction of sp³-hybridized carbons (Fsp3) is 0.231. The molecule has 17 heavy (non-hydrogen) atoms. The van der Waals surface area contributed by atoms with Gasteiger partial charge in [0.1, 0.15) is 0 Å². The average molecular weight is 230 g/mol. The van der Waals surface area contributed by atoms with Crippen LogP contribution in [0.1, 0.15) is 15.9 Å². The molecular formula is C13H14N2O2. The molecule has 2 aromatic rings. The maximum atomic E-state index is 12.0. The molecule has 0 aliphatic carbocycles. The first-order valence-electron chi connectivity index (χ1n) is 5.34. The standard InChI is InChI=1S/C13H14N2O2/c1-8-4-5-11-9(6-8)10(7-12(16)14-11)13(17)15(2)3/h4-7H,1-3H3,(H,14,16). The maximum Gasteiger partial charge on any atom is 0.254 e. The van der Waals surface area contributed by atoms with Crippen molar-refractivity contribution in [2.24, 2.45) is 0 Å². The fourth-order valence-corrected chi connectivity index (χ4v) is 1.79. The van der Waals surface area contributed by atoms with Crippen LogP contribution >= 0.6 is 0 Å². The monoisotopic (exact) mass is 230 g/mol. The summed E-state index contributed by atoms with van der Waals surface area (Å²) < 4.78 is 0. The first-order valence-corrected chi connectivity index (χ1v) is 5.34. The van der Waals surface area contributed by atoms with Gasteiger partial charge in [0.25, 0.3) is 5.91 Å². The van der Waals surface area contributed by atoms with E-state index in [4.69, 9.17) is 0 Å². The smallest absolute Gasteiger partial charge is 0.254 e. The van der Waals surface area contributed by atoms with E-state index in [0.29, 0.717) is 11.1 Å². The summed E-state index contributed by atoms with van der Waals surface area (Å²) >= 11 is 0. The molecule has 1 amide bonds. The molecular weight excluding hydrogens is 216 g/mol. The summed E-state index contributed by atoms with van der Waals surface area (Å²) in [6.45, 7) is 1.95. The van der Waals surface area contributed by atoms with Gasteiger partial charge in [0.15, 0.2) is 0 Å². The summed E-state index contributed by atoms with van der Waals surface area (Å²) in [5.74, 6) is -0.160. The normalized spacial score (nSPS) is 10.5. The second-order valence-corrected chi connectivity index (χ2v) is 4.30. The predicted octanol–water partition coefficient (Wildman–Crippen LogP) is 1.54. The third-order valence-electron chi connectivity index (χ3n) is 2.64. The zero-order valence-corrected chi connectivity index (χ0v) is 10.1. The highest BCUT2D eigenvalue weighted by atomic mass is 16.2. The molecule has 2 rings (SSSR count). The third kappa shape index (κ3) is 2.06. The average Bonchev–Trinajstić information content (AvgIpc) is 2.27. The van der Waals surface area contributed by atoms with Crippen molar-refractivity contribution in [3.05, 3.63) is 45.7 Å². The highest BCUT2D eigenvalue weighted by Gasteiger charge is 2.13. The second kappa shape index (κ2) is 4.05. The summed E-state index contributed by atoms with van der Waals surface area (Å²) in [5, 5.41) is 0.781. The lowest BCUT2D eigenvalue weighted by molar-refractivity contribution is 0.0829. The van der Waals surface area contributed by atoms with Gasteiger partial charge in [0.05, 0.1) is 5.56 Å². The van der Waals surface area contributed by atoms with Gasteiger partial charge in [-0.2, -0.15) is 0 Å². The first-order chi connectivity index (χ1) is 7.99. The summed E-state index contributed by atoms with van der Waals surface area (Å²) in [6.07, 6.45) is 0. The molecule has 0 aliphatic heterocycles. The fourth-order valence-electron chi connectivity index (χ4n) is 1.79. The number of aromatic nitrogens is 1. The van der Waals surface area contributed by atoms with Crippen molar-refractivity contribution >= 4 is 16.8 Å². The molecule has 1 heterocycles. The lowest BCUT2D eigenvalue weighted by Gasteiger charge is -2.12. The Morgan fingerprint density at radius 3 is 2.59 bits per heavy atom. The number of carbonyl (C=O) groups is 1. The van der Waals surface area contributed by atoms with Crippen LogP contribution in [-0.2, 0) is 0 Å². The molecule has 0 unspecified atom stereocenters. The predicted molar refractivity (Wildman–Crippen MR) is 67.3 cm³/mol. The van der Waals surface area contributed by atoms with Crippen LogP contribution < -0.4 is 5.56 Å². The number of nitrogens with zero attached hydrogens (tertiary/aromatic N) is 1. The molecule has 1 aromatic heterocycles. The van der Waals surface area contributed by atoms with Crippen molar-refractivity contribution in [3.8, 4) is 0 Å². The van der Waals surface area contributed by atoms with Gasteiger partial charge < -0.3 is 9.88 Å². The minimum absolute atomic E-state index is 0.160. The largest absolute Gasteiger partial charge is 0.345 e. The molecule has 0 atom stereocenters. The van der Waals surface area contributed by atoms with E-state index in [-0.39, 0.29) is 11.5 Å². The summed E-state index contributed by atoms with van der Waals surface area (Å²) in [6, 6.07) is 6.98. The van der Waals surface area contributed by atoms with E-state index in [2.05, 4.69) is 4.98 Å². The van der Waals surface area contributed by atoms with Crippen LogP contribution in [-0.4, -0.2) is 29.9 Å².